The van der Waals surface area contributed by atoms with Gasteiger partial charge in [-0.1, -0.05) is 0 Å². The summed E-state index contributed by atoms with van der Waals surface area (Å²) in [5.41, 5.74) is 0. The highest BCUT2D eigenvalue weighted by Gasteiger charge is 2.32. The number of hydrogen-bond donors (Lipinski definition) is 0. The van der Waals surface area contributed by atoms with Crippen LogP contribution in [-0.4, -0.2) is 57.4 Å². The Hall–Kier alpha value is -0.170. The zero-order chi connectivity index (χ0) is 10.1. The Kier molecular flexibility index (Phi) is 3.28. The number of ether oxygens (including phenoxy) is 1. The molecule has 1 rings (SSSR count). The molecular weight excluding hydrogens is 192 g/mol. The predicted octanol–water partition coefficient (Wildman–Crippen LogP) is -0.672. The van der Waals surface area contributed by atoms with Gasteiger partial charge in [0.2, 0.25) is 0 Å². The lowest BCUT2D eigenvalue weighted by Crippen LogP contribution is -2.39. The Morgan fingerprint density at radius 3 is 2.54 bits per heavy atom. The van der Waals surface area contributed by atoms with E-state index in [9.17, 15) is 8.42 Å². The second-order valence-electron chi connectivity index (χ2n) is 3.12. The molecule has 0 aromatic rings. The van der Waals surface area contributed by atoms with E-state index in [4.69, 9.17) is 4.74 Å². The van der Waals surface area contributed by atoms with E-state index >= 15 is 0 Å². The van der Waals surface area contributed by atoms with Gasteiger partial charge in [0.25, 0.3) is 10.2 Å². The molecule has 1 saturated heterocycles. The Balaban J connectivity index is 2.66. The zero-order valence-corrected chi connectivity index (χ0v) is 8.91. The number of hydrogen-bond acceptors (Lipinski definition) is 3. The van der Waals surface area contributed by atoms with Crippen molar-refractivity contribution >= 4 is 10.2 Å². The highest BCUT2D eigenvalue weighted by molar-refractivity contribution is 7.86. The first-order chi connectivity index (χ1) is 5.98. The minimum Gasteiger partial charge on any atom is -0.380 e. The highest BCUT2D eigenvalue weighted by Crippen LogP contribution is 2.15. The fraction of sp³-hybridized carbons (Fsp3) is 0.857. The maximum Gasteiger partial charge on any atom is 0.281 e. The molecule has 1 radical (unpaired) electrons. The fourth-order valence-corrected chi connectivity index (χ4v) is 2.25. The Labute approximate surface area is 79.5 Å². The molecular formula is C7H15N2O3S. The van der Waals surface area contributed by atoms with Crippen LogP contribution in [0.2, 0.25) is 0 Å². The van der Waals surface area contributed by atoms with Crippen molar-refractivity contribution in [2.24, 2.45) is 0 Å². The summed E-state index contributed by atoms with van der Waals surface area (Å²) in [7, 11) is 1.36. The summed E-state index contributed by atoms with van der Waals surface area (Å²) in [6.45, 7) is 0.843. The summed E-state index contributed by atoms with van der Waals surface area (Å²) < 4.78 is 30.8. The molecule has 0 saturated carbocycles. The standard InChI is InChI=1S/C7H15N2O3S/c1-8(2)13(10,11)9-5-4-7(6-9)12-3/h4,7H,5-6H2,1-3H3/t7-/m1/s1. The van der Waals surface area contributed by atoms with Gasteiger partial charge >= 0.3 is 0 Å². The molecule has 0 bridgehead atoms. The molecule has 0 N–H and O–H groups in total. The number of rotatable bonds is 3. The highest BCUT2D eigenvalue weighted by atomic mass is 32.2. The second kappa shape index (κ2) is 3.91. The molecule has 0 amide bonds. The lowest BCUT2D eigenvalue weighted by molar-refractivity contribution is 0.136. The van der Waals surface area contributed by atoms with Gasteiger partial charge < -0.3 is 4.74 Å². The van der Waals surface area contributed by atoms with E-state index in [0.29, 0.717) is 13.1 Å². The van der Waals surface area contributed by atoms with E-state index in [-0.39, 0.29) is 6.10 Å². The van der Waals surface area contributed by atoms with Gasteiger partial charge in [0.05, 0.1) is 6.10 Å². The average molecular weight is 207 g/mol. The van der Waals surface area contributed by atoms with Crippen LogP contribution < -0.4 is 0 Å². The van der Waals surface area contributed by atoms with Crippen molar-refractivity contribution in [1.82, 2.24) is 8.61 Å². The largest absolute Gasteiger partial charge is 0.380 e. The summed E-state index contributed by atoms with van der Waals surface area (Å²) in [5, 5.41) is 0. The van der Waals surface area contributed by atoms with Crippen molar-refractivity contribution in [2.75, 3.05) is 34.3 Å². The topological polar surface area (TPSA) is 49.9 Å². The van der Waals surface area contributed by atoms with E-state index in [2.05, 4.69) is 0 Å². The molecule has 6 heteroatoms. The van der Waals surface area contributed by atoms with E-state index in [1.165, 1.54) is 22.7 Å². The predicted molar refractivity (Wildman–Crippen MR) is 49.3 cm³/mol. The lowest BCUT2D eigenvalue weighted by Gasteiger charge is -2.20. The first kappa shape index (κ1) is 10.9. The van der Waals surface area contributed by atoms with Crippen molar-refractivity contribution in [3.8, 4) is 0 Å². The third-order valence-corrected chi connectivity index (χ3v) is 3.92. The quantitative estimate of drug-likeness (QED) is 0.616. The normalized spacial score (nSPS) is 25.7. The van der Waals surface area contributed by atoms with Crippen LogP contribution in [0.25, 0.3) is 0 Å². The van der Waals surface area contributed by atoms with Crippen LogP contribution in [-0.2, 0) is 14.9 Å². The van der Waals surface area contributed by atoms with Gasteiger partial charge in [-0.25, -0.2) is 0 Å². The second-order valence-corrected chi connectivity index (χ2v) is 5.26. The molecule has 0 aromatic carbocycles. The number of methoxy groups -OCH3 is 1. The fourth-order valence-electron chi connectivity index (χ4n) is 1.17. The Morgan fingerprint density at radius 2 is 2.15 bits per heavy atom. The first-order valence-corrected chi connectivity index (χ1v) is 5.42. The SMILES string of the molecule is CO[C@@H]1[CH]CN(S(=O)(=O)N(C)C)C1. The average Bonchev–Trinajstić information content (AvgIpc) is 2.51. The van der Waals surface area contributed by atoms with E-state index in [1.807, 2.05) is 6.42 Å². The summed E-state index contributed by atoms with van der Waals surface area (Å²) in [6.07, 6.45) is 1.77. The van der Waals surface area contributed by atoms with E-state index in [0.717, 1.165) is 0 Å². The van der Waals surface area contributed by atoms with Gasteiger partial charge in [-0.3, -0.25) is 0 Å². The number of nitrogens with zero attached hydrogens (tertiary/aromatic N) is 2. The molecule has 5 nitrogen and oxygen atoms in total. The van der Waals surface area contributed by atoms with Gasteiger partial charge in [-0.15, -0.1) is 0 Å². The smallest absolute Gasteiger partial charge is 0.281 e. The van der Waals surface area contributed by atoms with Gasteiger partial charge in [0, 0.05) is 40.7 Å². The maximum atomic E-state index is 11.6. The minimum absolute atomic E-state index is 0.0743. The molecule has 77 valence electrons. The molecule has 13 heavy (non-hydrogen) atoms. The molecule has 0 aliphatic carbocycles. The van der Waals surface area contributed by atoms with Crippen molar-refractivity contribution in [3.05, 3.63) is 6.42 Å². The third kappa shape index (κ3) is 2.19. The van der Waals surface area contributed by atoms with Gasteiger partial charge in [-0.05, 0) is 0 Å². The first-order valence-electron chi connectivity index (χ1n) is 4.02. The maximum absolute atomic E-state index is 11.6. The summed E-state index contributed by atoms with van der Waals surface area (Å²) >= 11 is 0. The summed E-state index contributed by atoms with van der Waals surface area (Å²) in [4.78, 5) is 0. The van der Waals surface area contributed by atoms with Crippen LogP contribution in [0.3, 0.4) is 0 Å². The molecule has 0 spiro atoms. The third-order valence-electron chi connectivity index (χ3n) is 2.05. The Morgan fingerprint density at radius 1 is 1.54 bits per heavy atom. The Bertz CT molecular complexity index is 263. The minimum atomic E-state index is -3.26. The van der Waals surface area contributed by atoms with Gasteiger partial charge in [-0.2, -0.15) is 17.0 Å². The van der Waals surface area contributed by atoms with Gasteiger partial charge in [0.1, 0.15) is 0 Å². The van der Waals surface area contributed by atoms with Crippen LogP contribution >= 0.6 is 0 Å². The van der Waals surface area contributed by atoms with Crippen molar-refractivity contribution in [1.29, 1.82) is 0 Å². The van der Waals surface area contributed by atoms with Crippen LogP contribution in [0.5, 0.6) is 0 Å². The van der Waals surface area contributed by atoms with Crippen molar-refractivity contribution in [2.45, 2.75) is 6.10 Å². The molecule has 1 fully saturated rings. The molecule has 1 heterocycles. The monoisotopic (exact) mass is 207 g/mol. The molecule has 1 atom stereocenters. The van der Waals surface area contributed by atoms with Crippen molar-refractivity contribution in [3.63, 3.8) is 0 Å². The van der Waals surface area contributed by atoms with Gasteiger partial charge in [0.15, 0.2) is 0 Å². The summed E-state index contributed by atoms with van der Waals surface area (Å²) in [6, 6.07) is 0. The molecule has 0 aromatic heterocycles. The van der Waals surface area contributed by atoms with Crippen LogP contribution in [0.4, 0.5) is 0 Å². The van der Waals surface area contributed by atoms with Crippen LogP contribution in [0.15, 0.2) is 0 Å². The van der Waals surface area contributed by atoms with Crippen LogP contribution in [0, 0.1) is 6.42 Å². The summed E-state index contributed by atoms with van der Waals surface area (Å²) in [5.74, 6) is 0. The molecule has 1 aliphatic heterocycles. The van der Waals surface area contributed by atoms with E-state index < -0.39 is 10.2 Å². The molecule has 1 aliphatic rings. The van der Waals surface area contributed by atoms with Crippen LogP contribution in [0.1, 0.15) is 0 Å². The van der Waals surface area contributed by atoms with E-state index in [1.54, 1.807) is 7.11 Å². The lowest BCUT2D eigenvalue weighted by atomic mass is 10.3. The molecule has 0 unspecified atom stereocenters. The zero-order valence-electron chi connectivity index (χ0n) is 8.10. The van der Waals surface area contributed by atoms with Crippen molar-refractivity contribution < 1.29 is 13.2 Å².